The summed E-state index contributed by atoms with van der Waals surface area (Å²) in [6.45, 7) is 4.83. The van der Waals surface area contributed by atoms with Crippen molar-refractivity contribution in [1.82, 2.24) is 0 Å². The van der Waals surface area contributed by atoms with Gasteiger partial charge in [0.25, 0.3) is 0 Å². The Morgan fingerprint density at radius 2 is 1.72 bits per heavy atom. The molecule has 0 aliphatic rings. The summed E-state index contributed by atoms with van der Waals surface area (Å²) in [6.07, 6.45) is 4.75. The molecular formula is C15H24O3. The van der Waals surface area contributed by atoms with Gasteiger partial charge in [0, 0.05) is 6.61 Å². The molecule has 3 heteroatoms. The van der Waals surface area contributed by atoms with Gasteiger partial charge in [-0.15, -0.1) is 0 Å². The first-order chi connectivity index (χ1) is 8.57. The van der Waals surface area contributed by atoms with Gasteiger partial charge >= 0.3 is 5.97 Å². The molecule has 0 amide bonds. The Kier molecular flexibility index (Phi) is 9.97. The van der Waals surface area contributed by atoms with E-state index in [9.17, 15) is 4.79 Å². The highest BCUT2D eigenvalue weighted by Gasteiger charge is 1.96. The molecule has 0 saturated heterocycles. The van der Waals surface area contributed by atoms with Crippen molar-refractivity contribution in [2.24, 2.45) is 5.92 Å². The second kappa shape index (κ2) is 10.8. The lowest BCUT2D eigenvalue weighted by Crippen LogP contribution is -1.93. The molecular weight excluding hydrogens is 228 g/mol. The minimum absolute atomic E-state index is 0.331. The number of aliphatic hydroxyl groups excluding tert-OH is 1. The van der Waals surface area contributed by atoms with Gasteiger partial charge in [-0.2, -0.15) is 0 Å². The third-order valence-corrected chi connectivity index (χ3v) is 2.46. The molecule has 18 heavy (non-hydrogen) atoms. The Morgan fingerprint density at radius 3 is 2.11 bits per heavy atom. The average molecular weight is 252 g/mol. The number of benzene rings is 1. The zero-order valence-corrected chi connectivity index (χ0v) is 11.3. The molecule has 0 bridgehead atoms. The maximum atomic E-state index is 10.2. The van der Waals surface area contributed by atoms with Gasteiger partial charge in [0.2, 0.25) is 0 Å². The van der Waals surface area contributed by atoms with E-state index in [2.05, 4.69) is 13.8 Å². The maximum Gasteiger partial charge on any atom is 0.335 e. The zero-order chi connectivity index (χ0) is 13.8. The quantitative estimate of drug-likeness (QED) is 0.761. The van der Waals surface area contributed by atoms with Crippen molar-refractivity contribution in [3.63, 3.8) is 0 Å². The van der Waals surface area contributed by atoms with Gasteiger partial charge < -0.3 is 10.2 Å². The van der Waals surface area contributed by atoms with E-state index in [0.717, 1.165) is 12.3 Å². The third-order valence-electron chi connectivity index (χ3n) is 2.46. The normalized spacial score (nSPS) is 9.78. The number of carbonyl (C=O) groups is 1. The molecule has 0 radical (unpaired) electrons. The highest BCUT2D eigenvalue weighted by molar-refractivity contribution is 5.87. The first kappa shape index (κ1) is 16.6. The van der Waals surface area contributed by atoms with Crippen molar-refractivity contribution in [3.05, 3.63) is 35.9 Å². The summed E-state index contributed by atoms with van der Waals surface area (Å²) in [5.74, 6) is -0.0562. The van der Waals surface area contributed by atoms with Crippen LogP contribution in [0.1, 0.15) is 49.9 Å². The molecule has 0 aliphatic carbocycles. The summed E-state index contributed by atoms with van der Waals surface area (Å²) < 4.78 is 0. The molecule has 0 spiro atoms. The second-order valence-electron chi connectivity index (χ2n) is 4.64. The molecule has 0 fully saturated rings. The highest BCUT2D eigenvalue weighted by atomic mass is 16.4. The molecule has 102 valence electrons. The average Bonchev–Trinajstić information content (AvgIpc) is 2.36. The number of rotatable bonds is 6. The molecule has 0 saturated carbocycles. The SMILES string of the molecule is CC(C)CCCCCO.O=C(O)c1ccccc1. The molecule has 1 rings (SSSR count). The van der Waals surface area contributed by atoms with Crippen molar-refractivity contribution < 1.29 is 15.0 Å². The number of hydrogen-bond donors (Lipinski definition) is 2. The number of aromatic carboxylic acids is 1. The van der Waals surface area contributed by atoms with Crippen molar-refractivity contribution in [2.75, 3.05) is 6.61 Å². The van der Waals surface area contributed by atoms with Gasteiger partial charge in [-0.1, -0.05) is 51.3 Å². The van der Waals surface area contributed by atoms with Crippen LogP contribution in [0.2, 0.25) is 0 Å². The predicted octanol–water partition coefficient (Wildman–Crippen LogP) is 3.58. The summed E-state index contributed by atoms with van der Waals surface area (Å²) in [5, 5.41) is 16.8. The van der Waals surface area contributed by atoms with Crippen molar-refractivity contribution in [2.45, 2.75) is 39.5 Å². The predicted molar refractivity (Wildman–Crippen MR) is 73.8 cm³/mol. The van der Waals surface area contributed by atoms with E-state index in [4.69, 9.17) is 10.2 Å². The number of hydrogen-bond acceptors (Lipinski definition) is 2. The van der Waals surface area contributed by atoms with E-state index < -0.39 is 5.97 Å². The molecule has 0 unspecified atom stereocenters. The van der Waals surface area contributed by atoms with Crippen LogP contribution in [-0.4, -0.2) is 22.8 Å². The first-order valence-electron chi connectivity index (χ1n) is 6.47. The molecule has 2 N–H and O–H groups in total. The first-order valence-corrected chi connectivity index (χ1v) is 6.47. The zero-order valence-electron chi connectivity index (χ0n) is 11.3. The molecule has 1 aromatic rings. The molecule has 0 aliphatic heterocycles. The van der Waals surface area contributed by atoms with Crippen molar-refractivity contribution >= 4 is 5.97 Å². The summed E-state index contributed by atoms with van der Waals surface area (Å²) in [4.78, 5) is 10.2. The van der Waals surface area contributed by atoms with Crippen LogP contribution in [0.15, 0.2) is 30.3 Å². The fourth-order valence-corrected chi connectivity index (χ4v) is 1.42. The van der Waals surface area contributed by atoms with E-state index in [1.54, 1.807) is 30.3 Å². The molecule has 1 aromatic carbocycles. The highest BCUT2D eigenvalue weighted by Crippen LogP contribution is 2.07. The number of unbranched alkanes of at least 4 members (excludes halogenated alkanes) is 2. The topological polar surface area (TPSA) is 57.5 Å². The lowest BCUT2D eigenvalue weighted by atomic mass is 10.1. The summed E-state index contributed by atoms with van der Waals surface area (Å²) in [7, 11) is 0. The maximum absolute atomic E-state index is 10.2. The van der Waals surface area contributed by atoms with Crippen LogP contribution in [0.25, 0.3) is 0 Å². The Bertz CT molecular complexity index is 307. The van der Waals surface area contributed by atoms with Crippen LogP contribution in [0.4, 0.5) is 0 Å². The summed E-state index contributed by atoms with van der Waals surface area (Å²) in [5.41, 5.74) is 0.331. The lowest BCUT2D eigenvalue weighted by molar-refractivity contribution is 0.0697. The Hall–Kier alpha value is -1.35. The van der Waals surface area contributed by atoms with E-state index in [-0.39, 0.29) is 0 Å². The number of carboxylic acid groups (broad SMARTS) is 1. The van der Waals surface area contributed by atoms with Gasteiger partial charge in [0.1, 0.15) is 0 Å². The second-order valence-corrected chi connectivity index (χ2v) is 4.64. The van der Waals surface area contributed by atoms with Crippen molar-refractivity contribution in [3.8, 4) is 0 Å². The van der Waals surface area contributed by atoms with Gasteiger partial charge in [-0.05, 0) is 24.5 Å². The summed E-state index contributed by atoms with van der Waals surface area (Å²) >= 11 is 0. The smallest absolute Gasteiger partial charge is 0.335 e. The minimum atomic E-state index is -0.879. The molecule has 0 aromatic heterocycles. The number of carboxylic acids is 1. The lowest BCUT2D eigenvalue weighted by Gasteiger charge is -2.01. The van der Waals surface area contributed by atoms with E-state index in [1.165, 1.54) is 19.3 Å². The minimum Gasteiger partial charge on any atom is -0.478 e. The van der Waals surface area contributed by atoms with Gasteiger partial charge in [0.15, 0.2) is 0 Å². The van der Waals surface area contributed by atoms with Crippen LogP contribution in [-0.2, 0) is 0 Å². The van der Waals surface area contributed by atoms with Crippen molar-refractivity contribution in [1.29, 1.82) is 0 Å². The Morgan fingerprint density at radius 1 is 1.11 bits per heavy atom. The van der Waals surface area contributed by atoms with Crippen LogP contribution in [0.3, 0.4) is 0 Å². The third kappa shape index (κ3) is 9.85. The van der Waals surface area contributed by atoms with E-state index in [0.29, 0.717) is 12.2 Å². The van der Waals surface area contributed by atoms with Crippen LogP contribution in [0.5, 0.6) is 0 Å². The fraction of sp³-hybridized carbons (Fsp3) is 0.533. The van der Waals surface area contributed by atoms with Crippen LogP contribution < -0.4 is 0 Å². The fourth-order valence-electron chi connectivity index (χ4n) is 1.42. The van der Waals surface area contributed by atoms with Crippen LogP contribution >= 0.6 is 0 Å². The standard InChI is InChI=1S/C8H18O.C7H6O2/c1-8(2)6-4-3-5-7-9;8-7(9)6-4-2-1-3-5-6/h8-9H,3-7H2,1-2H3;1-5H,(H,8,9). The molecule has 3 nitrogen and oxygen atoms in total. The van der Waals surface area contributed by atoms with E-state index in [1.807, 2.05) is 0 Å². The van der Waals surface area contributed by atoms with Gasteiger partial charge in [-0.25, -0.2) is 4.79 Å². The Labute approximate surface area is 109 Å². The van der Waals surface area contributed by atoms with Gasteiger partial charge in [0.05, 0.1) is 5.56 Å². The van der Waals surface area contributed by atoms with Crippen LogP contribution in [0, 0.1) is 5.92 Å². The Balaban J connectivity index is 0.000000321. The summed E-state index contributed by atoms with van der Waals surface area (Å²) in [6, 6.07) is 8.30. The van der Waals surface area contributed by atoms with E-state index >= 15 is 0 Å². The van der Waals surface area contributed by atoms with Gasteiger partial charge in [-0.3, -0.25) is 0 Å². The largest absolute Gasteiger partial charge is 0.478 e. The number of aliphatic hydroxyl groups is 1. The molecule has 0 heterocycles. The monoisotopic (exact) mass is 252 g/mol. The molecule has 0 atom stereocenters.